The lowest BCUT2D eigenvalue weighted by Gasteiger charge is -2.17. The molecule has 1 amide bonds. The van der Waals surface area contributed by atoms with Gasteiger partial charge in [0.25, 0.3) is 10.0 Å². The van der Waals surface area contributed by atoms with Crippen molar-refractivity contribution >= 4 is 21.9 Å². The summed E-state index contributed by atoms with van der Waals surface area (Å²) in [6, 6.07) is -1.00. The van der Waals surface area contributed by atoms with Crippen LogP contribution in [-0.2, 0) is 26.7 Å². The maximum atomic E-state index is 12.0. The van der Waals surface area contributed by atoms with Crippen molar-refractivity contribution < 1.29 is 23.1 Å². The molecule has 0 aliphatic heterocycles. The van der Waals surface area contributed by atoms with E-state index >= 15 is 0 Å². The molecule has 1 heterocycles. The average Bonchev–Trinajstić information content (AvgIpc) is 2.76. The molecule has 0 aliphatic rings. The molecular weight excluding hydrogens is 324 g/mol. The monoisotopic (exact) mass is 346 g/mol. The minimum Gasteiger partial charge on any atom is -0.480 e. The molecular formula is C13H22N4O5S. The van der Waals surface area contributed by atoms with Crippen LogP contribution in [0.1, 0.15) is 26.1 Å². The topological polar surface area (TPSA) is 130 Å². The standard InChI is InChI=1S/C13H22N4O5S/c1-8(2)12(13(19)20)16-10(18)5-6-14-23(21,22)11-7-17(4)9(3)15-11/h7-8,12,14H,5-6H2,1-4H3,(H,16,18)(H,19,20)/t12-/m1/s1. The van der Waals surface area contributed by atoms with E-state index in [-0.39, 0.29) is 23.9 Å². The van der Waals surface area contributed by atoms with Crippen molar-refractivity contribution in [2.24, 2.45) is 13.0 Å². The molecule has 9 nitrogen and oxygen atoms in total. The third-order valence-corrected chi connectivity index (χ3v) is 4.59. The Balaban J connectivity index is 2.56. The highest BCUT2D eigenvalue weighted by Crippen LogP contribution is 2.07. The summed E-state index contributed by atoms with van der Waals surface area (Å²) in [4.78, 5) is 26.6. The van der Waals surface area contributed by atoms with Crippen LogP contribution in [0.25, 0.3) is 0 Å². The van der Waals surface area contributed by atoms with E-state index in [2.05, 4.69) is 15.0 Å². The molecule has 0 aliphatic carbocycles. The second-order valence-corrected chi connectivity index (χ2v) is 7.23. The van der Waals surface area contributed by atoms with Gasteiger partial charge in [0.2, 0.25) is 5.91 Å². The Morgan fingerprint density at radius 2 is 2.00 bits per heavy atom. The van der Waals surface area contributed by atoms with E-state index in [0.29, 0.717) is 5.82 Å². The number of nitrogens with zero attached hydrogens (tertiary/aromatic N) is 2. The number of rotatable bonds is 8. The predicted octanol–water partition coefficient (Wildman–Crippen LogP) is -0.378. The Hall–Kier alpha value is -1.94. The van der Waals surface area contributed by atoms with E-state index < -0.39 is 27.9 Å². The van der Waals surface area contributed by atoms with E-state index in [1.54, 1.807) is 32.4 Å². The van der Waals surface area contributed by atoms with Crippen LogP contribution in [0.15, 0.2) is 11.2 Å². The fraction of sp³-hybridized carbons (Fsp3) is 0.615. The van der Waals surface area contributed by atoms with Crippen molar-refractivity contribution in [3.8, 4) is 0 Å². The molecule has 0 saturated carbocycles. The number of hydrogen-bond donors (Lipinski definition) is 3. The van der Waals surface area contributed by atoms with Gasteiger partial charge >= 0.3 is 5.97 Å². The zero-order chi connectivity index (χ0) is 17.8. The number of aliphatic carboxylic acids is 1. The highest BCUT2D eigenvalue weighted by Gasteiger charge is 2.24. The van der Waals surface area contributed by atoms with Crippen LogP contribution in [0.4, 0.5) is 0 Å². The van der Waals surface area contributed by atoms with Crippen LogP contribution in [-0.4, -0.2) is 47.5 Å². The second kappa shape index (κ2) is 7.55. The van der Waals surface area contributed by atoms with Crippen molar-refractivity contribution in [2.45, 2.75) is 38.3 Å². The van der Waals surface area contributed by atoms with E-state index in [4.69, 9.17) is 5.11 Å². The van der Waals surface area contributed by atoms with Gasteiger partial charge in [0.15, 0.2) is 5.03 Å². The van der Waals surface area contributed by atoms with Crippen molar-refractivity contribution in [3.05, 3.63) is 12.0 Å². The molecule has 1 aromatic rings. The lowest BCUT2D eigenvalue weighted by atomic mass is 10.0. The molecule has 1 rings (SSSR count). The summed E-state index contributed by atoms with van der Waals surface area (Å²) in [7, 11) is -2.12. The number of hydrogen-bond acceptors (Lipinski definition) is 5. The van der Waals surface area contributed by atoms with Crippen LogP contribution in [0, 0.1) is 12.8 Å². The first-order chi connectivity index (χ1) is 10.5. The van der Waals surface area contributed by atoms with Gasteiger partial charge in [0.1, 0.15) is 11.9 Å². The van der Waals surface area contributed by atoms with Gasteiger partial charge in [-0.15, -0.1) is 0 Å². The number of imidazole rings is 1. The molecule has 0 bridgehead atoms. The first-order valence-electron chi connectivity index (χ1n) is 7.06. The summed E-state index contributed by atoms with van der Waals surface area (Å²) in [5, 5.41) is 11.2. The predicted molar refractivity (Wildman–Crippen MR) is 82.2 cm³/mol. The van der Waals surface area contributed by atoms with E-state index in [1.807, 2.05) is 0 Å². The van der Waals surface area contributed by atoms with Crippen LogP contribution < -0.4 is 10.0 Å². The van der Waals surface area contributed by atoms with Gasteiger partial charge in [-0.05, 0) is 12.8 Å². The Morgan fingerprint density at radius 1 is 1.39 bits per heavy atom. The number of carboxylic acids is 1. The minimum absolute atomic E-state index is 0.122. The largest absolute Gasteiger partial charge is 0.480 e. The summed E-state index contributed by atoms with van der Waals surface area (Å²) < 4.78 is 27.8. The average molecular weight is 346 g/mol. The molecule has 0 saturated heterocycles. The molecule has 130 valence electrons. The first kappa shape index (κ1) is 19.1. The van der Waals surface area contributed by atoms with Crippen LogP contribution in [0.5, 0.6) is 0 Å². The third kappa shape index (κ3) is 5.32. The summed E-state index contributed by atoms with van der Waals surface area (Å²) in [6.07, 6.45) is 1.21. The zero-order valence-electron chi connectivity index (χ0n) is 13.5. The quantitative estimate of drug-likeness (QED) is 0.588. The number of carbonyl (C=O) groups excluding carboxylic acids is 1. The highest BCUT2D eigenvalue weighted by molar-refractivity contribution is 7.89. The van der Waals surface area contributed by atoms with Crippen LogP contribution >= 0.6 is 0 Å². The van der Waals surface area contributed by atoms with Crippen molar-refractivity contribution in [1.29, 1.82) is 0 Å². The molecule has 23 heavy (non-hydrogen) atoms. The summed E-state index contributed by atoms with van der Waals surface area (Å²) in [5.74, 6) is -1.39. The van der Waals surface area contributed by atoms with E-state index in [1.165, 1.54) is 6.20 Å². The number of nitrogens with one attached hydrogen (secondary N) is 2. The van der Waals surface area contributed by atoms with Gasteiger partial charge in [0.05, 0.1) is 0 Å². The number of carbonyl (C=O) groups is 2. The molecule has 0 spiro atoms. The van der Waals surface area contributed by atoms with Gasteiger partial charge in [-0.3, -0.25) is 4.79 Å². The summed E-state index contributed by atoms with van der Waals surface area (Å²) in [5.41, 5.74) is 0. The number of aryl methyl sites for hydroxylation is 2. The normalized spacial score (nSPS) is 13.1. The SMILES string of the molecule is Cc1nc(S(=O)(=O)NCCC(=O)N[C@@H](C(=O)O)C(C)C)cn1C. The highest BCUT2D eigenvalue weighted by atomic mass is 32.2. The molecule has 10 heteroatoms. The maximum absolute atomic E-state index is 12.0. The fourth-order valence-corrected chi connectivity index (χ4v) is 2.86. The van der Waals surface area contributed by atoms with Crippen LogP contribution in [0.3, 0.4) is 0 Å². The molecule has 3 N–H and O–H groups in total. The molecule has 0 radical (unpaired) electrons. The zero-order valence-corrected chi connectivity index (χ0v) is 14.3. The van der Waals surface area contributed by atoms with Crippen molar-refractivity contribution in [1.82, 2.24) is 19.6 Å². The Kier molecular flexibility index (Phi) is 6.28. The Morgan fingerprint density at radius 3 is 2.43 bits per heavy atom. The van der Waals surface area contributed by atoms with Gasteiger partial charge in [-0.2, -0.15) is 0 Å². The smallest absolute Gasteiger partial charge is 0.326 e. The van der Waals surface area contributed by atoms with Gasteiger partial charge in [-0.1, -0.05) is 13.8 Å². The lowest BCUT2D eigenvalue weighted by Crippen LogP contribution is -2.45. The molecule has 0 aromatic carbocycles. The van der Waals surface area contributed by atoms with Crippen LogP contribution in [0.2, 0.25) is 0 Å². The molecule has 1 atom stereocenters. The van der Waals surface area contributed by atoms with E-state index in [0.717, 1.165) is 0 Å². The number of sulfonamides is 1. The number of amides is 1. The Bertz CT molecular complexity index is 661. The van der Waals surface area contributed by atoms with E-state index in [9.17, 15) is 18.0 Å². The summed E-state index contributed by atoms with van der Waals surface area (Å²) >= 11 is 0. The van der Waals surface area contributed by atoms with Gasteiger partial charge in [-0.25, -0.2) is 22.9 Å². The number of carboxylic acid groups (broad SMARTS) is 1. The lowest BCUT2D eigenvalue weighted by molar-refractivity contribution is -0.143. The van der Waals surface area contributed by atoms with Gasteiger partial charge in [0, 0.05) is 26.2 Å². The van der Waals surface area contributed by atoms with Crippen molar-refractivity contribution in [2.75, 3.05) is 6.54 Å². The molecule has 0 fully saturated rings. The molecule has 0 unspecified atom stereocenters. The fourth-order valence-electron chi connectivity index (χ4n) is 1.79. The minimum atomic E-state index is -3.80. The summed E-state index contributed by atoms with van der Waals surface area (Å²) in [6.45, 7) is 4.87. The van der Waals surface area contributed by atoms with Gasteiger partial charge < -0.3 is 15.0 Å². The molecule has 1 aromatic heterocycles. The second-order valence-electron chi connectivity index (χ2n) is 5.51. The first-order valence-corrected chi connectivity index (χ1v) is 8.54. The maximum Gasteiger partial charge on any atom is 0.326 e. The Labute approximate surface area is 135 Å². The van der Waals surface area contributed by atoms with Crippen molar-refractivity contribution in [3.63, 3.8) is 0 Å². The number of aromatic nitrogens is 2. The third-order valence-electron chi connectivity index (χ3n) is 3.26.